The van der Waals surface area contributed by atoms with Gasteiger partial charge in [-0.15, -0.1) is 0 Å². The summed E-state index contributed by atoms with van der Waals surface area (Å²) < 4.78 is 0. The molecule has 0 aromatic rings. The molecule has 0 saturated heterocycles. The molecule has 1 fully saturated rings. The molecule has 0 heteroatoms. The predicted molar refractivity (Wildman–Crippen MR) is 59.8 cm³/mol. The van der Waals surface area contributed by atoms with Crippen LogP contribution in [-0.2, 0) is 0 Å². The van der Waals surface area contributed by atoms with Gasteiger partial charge in [-0.25, -0.2) is 0 Å². The molecule has 0 N–H and O–H groups in total. The summed E-state index contributed by atoms with van der Waals surface area (Å²) in [6, 6.07) is 0. The molecule has 0 aromatic heterocycles. The first-order valence-electron chi connectivity index (χ1n) is 6.29. The summed E-state index contributed by atoms with van der Waals surface area (Å²) in [6.45, 7) is 7.18. The summed E-state index contributed by atoms with van der Waals surface area (Å²) in [5.74, 6) is 3.09. The molecule has 1 aliphatic rings. The number of hydrogen-bond acceptors (Lipinski definition) is 0. The van der Waals surface area contributed by atoms with Crippen molar-refractivity contribution in [2.45, 2.75) is 65.7 Å². The normalized spacial score (nSPS) is 31.6. The highest BCUT2D eigenvalue weighted by molar-refractivity contribution is 4.77. The van der Waals surface area contributed by atoms with Gasteiger partial charge >= 0.3 is 0 Å². The maximum atomic E-state index is 2.47. The molecule has 0 heterocycles. The maximum absolute atomic E-state index is 2.47. The van der Waals surface area contributed by atoms with Gasteiger partial charge in [0.2, 0.25) is 0 Å². The van der Waals surface area contributed by atoms with E-state index in [2.05, 4.69) is 20.8 Å². The van der Waals surface area contributed by atoms with Crippen LogP contribution < -0.4 is 0 Å². The molecule has 1 rings (SSSR count). The van der Waals surface area contributed by atoms with E-state index in [1.807, 2.05) is 0 Å². The second-order valence-corrected chi connectivity index (χ2v) is 4.88. The van der Waals surface area contributed by atoms with Gasteiger partial charge in [0, 0.05) is 0 Å². The molecule has 13 heavy (non-hydrogen) atoms. The first-order valence-corrected chi connectivity index (χ1v) is 6.29. The second kappa shape index (κ2) is 5.67. The summed E-state index contributed by atoms with van der Waals surface area (Å²) >= 11 is 0. The van der Waals surface area contributed by atoms with Crippen LogP contribution in [0, 0.1) is 17.8 Å². The SMILES string of the molecule is CCCC(CC)C1CCCCC1C. The molecule has 1 aliphatic carbocycles. The lowest BCUT2D eigenvalue weighted by Crippen LogP contribution is -2.24. The standard InChI is InChI=1S/C13H26/c1-4-8-12(5-2)13-10-7-6-9-11(13)3/h11-13H,4-10H2,1-3H3. The van der Waals surface area contributed by atoms with Crippen LogP contribution in [0.1, 0.15) is 65.7 Å². The van der Waals surface area contributed by atoms with E-state index in [1.54, 1.807) is 0 Å². The van der Waals surface area contributed by atoms with Crippen molar-refractivity contribution in [1.82, 2.24) is 0 Å². The Hall–Kier alpha value is 0. The molecule has 0 bridgehead atoms. The fraction of sp³-hybridized carbons (Fsp3) is 1.00. The monoisotopic (exact) mass is 182 g/mol. The fourth-order valence-corrected chi connectivity index (χ4v) is 3.14. The van der Waals surface area contributed by atoms with Gasteiger partial charge in [0.1, 0.15) is 0 Å². The first-order chi connectivity index (χ1) is 6.29. The molecule has 0 amide bonds. The lowest BCUT2D eigenvalue weighted by molar-refractivity contribution is 0.161. The van der Waals surface area contributed by atoms with Gasteiger partial charge in [0.25, 0.3) is 0 Å². The Morgan fingerprint density at radius 2 is 1.85 bits per heavy atom. The van der Waals surface area contributed by atoms with Crippen molar-refractivity contribution in [3.05, 3.63) is 0 Å². The molecular formula is C13H26. The summed E-state index contributed by atoms with van der Waals surface area (Å²) in [5, 5.41) is 0. The van der Waals surface area contributed by atoms with E-state index in [9.17, 15) is 0 Å². The van der Waals surface area contributed by atoms with Gasteiger partial charge in [-0.05, 0) is 24.2 Å². The van der Waals surface area contributed by atoms with Crippen LogP contribution in [-0.4, -0.2) is 0 Å². The third-order valence-electron chi connectivity index (χ3n) is 3.97. The molecule has 0 radical (unpaired) electrons. The van der Waals surface area contributed by atoms with Crippen LogP contribution in [0.5, 0.6) is 0 Å². The number of hydrogen-bond donors (Lipinski definition) is 0. The van der Waals surface area contributed by atoms with Crippen LogP contribution in [0.4, 0.5) is 0 Å². The zero-order valence-electron chi connectivity index (χ0n) is 9.68. The van der Waals surface area contributed by atoms with E-state index in [0.717, 1.165) is 17.8 Å². The van der Waals surface area contributed by atoms with Crippen molar-refractivity contribution in [1.29, 1.82) is 0 Å². The topological polar surface area (TPSA) is 0 Å². The zero-order chi connectivity index (χ0) is 9.68. The molecule has 0 aliphatic heterocycles. The Kier molecular flexibility index (Phi) is 4.83. The maximum Gasteiger partial charge on any atom is -0.0360 e. The summed E-state index contributed by atoms with van der Waals surface area (Å²) in [7, 11) is 0. The Balaban J connectivity index is 2.44. The zero-order valence-corrected chi connectivity index (χ0v) is 9.68. The lowest BCUT2D eigenvalue weighted by Gasteiger charge is -2.35. The van der Waals surface area contributed by atoms with Gasteiger partial charge in [-0.2, -0.15) is 0 Å². The summed E-state index contributed by atoms with van der Waals surface area (Å²) in [6.07, 6.45) is 10.2. The molecule has 0 spiro atoms. The van der Waals surface area contributed by atoms with Crippen molar-refractivity contribution >= 4 is 0 Å². The third kappa shape index (κ3) is 3.00. The predicted octanol–water partition coefficient (Wildman–Crippen LogP) is 4.64. The van der Waals surface area contributed by atoms with Crippen LogP contribution in [0.15, 0.2) is 0 Å². The highest BCUT2D eigenvalue weighted by atomic mass is 14.3. The quantitative estimate of drug-likeness (QED) is 0.594. The largest absolute Gasteiger partial charge is 0.0654 e. The summed E-state index contributed by atoms with van der Waals surface area (Å²) in [4.78, 5) is 0. The fourth-order valence-electron chi connectivity index (χ4n) is 3.14. The van der Waals surface area contributed by atoms with Crippen molar-refractivity contribution in [3.63, 3.8) is 0 Å². The van der Waals surface area contributed by atoms with Crippen LogP contribution in [0.3, 0.4) is 0 Å². The molecule has 78 valence electrons. The Bertz CT molecular complexity index is 128. The van der Waals surface area contributed by atoms with Crippen LogP contribution >= 0.6 is 0 Å². The van der Waals surface area contributed by atoms with Gasteiger partial charge in [0.15, 0.2) is 0 Å². The van der Waals surface area contributed by atoms with Gasteiger partial charge in [0.05, 0.1) is 0 Å². The average molecular weight is 182 g/mol. The molecule has 0 nitrogen and oxygen atoms in total. The molecule has 3 atom stereocenters. The van der Waals surface area contributed by atoms with Gasteiger partial charge < -0.3 is 0 Å². The molecule has 1 saturated carbocycles. The molecular weight excluding hydrogens is 156 g/mol. The minimum Gasteiger partial charge on any atom is -0.0654 e. The molecule has 0 aromatic carbocycles. The van der Waals surface area contributed by atoms with E-state index in [-0.39, 0.29) is 0 Å². The van der Waals surface area contributed by atoms with E-state index in [1.165, 1.54) is 44.9 Å². The highest BCUT2D eigenvalue weighted by Crippen LogP contribution is 2.38. The summed E-state index contributed by atoms with van der Waals surface area (Å²) in [5.41, 5.74) is 0. The average Bonchev–Trinajstić information content (AvgIpc) is 2.16. The molecule has 3 unspecified atom stereocenters. The van der Waals surface area contributed by atoms with Crippen molar-refractivity contribution in [2.75, 3.05) is 0 Å². The first kappa shape index (κ1) is 11.1. The lowest BCUT2D eigenvalue weighted by atomic mass is 9.71. The Morgan fingerprint density at radius 1 is 1.15 bits per heavy atom. The smallest absolute Gasteiger partial charge is 0.0360 e. The highest BCUT2D eigenvalue weighted by Gasteiger charge is 2.27. The van der Waals surface area contributed by atoms with E-state index < -0.39 is 0 Å². The van der Waals surface area contributed by atoms with Crippen molar-refractivity contribution in [2.24, 2.45) is 17.8 Å². The van der Waals surface area contributed by atoms with Gasteiger partial charge in [-0.3, -0.25) is 0 Å². The van der Waals surface area contributed by atoms with Crippen LogP contribution in [0.25, 0.3) is 0 Å². The Labute approximate surface area is 84.1 Å². The number of rotatable bonds is 4. The van der Waals surface area contributed by atoms with Crippen LogP contribution in [0.2, 0.25) is 0 Å². The third-order valence-corrected chi connectivity index (χ3v) is 3.97. The minimum atomic E-state index is 1.00. The van der Waals surface area contributed by atoms with Gasteiger partial charge in [-0.1, -0.05) is 59.3 Å². The van der Waals surface area contributed by atoms with Crippen molar-refractivity contribution in [3.8, 4) is 0 Å². The minimum absolute atomic E-state index is 1.00. The second-order valence-electron chi connectivity index (χ2n) is 4.88. The van der Waals surface area contributed by atoms with E-state index in [0.29, 0.717) is 0 Å². The van der Waals surface area contributed by atoms with Crippen molar-refractivity contribution < 1.29 is 0 Å². The Morgan fingerprint density at radius 3 is 2.38 bits per heavy atom. The van der Waals surface area contributed by atoms with E-state index in [4.69, 9.17) is 0 Å². The van der Waals surface area contributed by atoms with E-state index >= 15 is 0 Å².